The van der Waals surface area contributed by atoms with E-state index in [9.17, 15) is 0 Å². The standard InChI is InChI=1S/C25H33N3O3S/c1-17-6-8-22-21(14-17)20(18(2)27-22)10-12-28(25(32)26-11-13-29-3)16-19-7-9-23(30-4)24(15-19)31-5/h6-9,14-15,27H,10-13,16H2,1-5H3,(H,26,32). The fourth-order valence-corrected chi connectivity index (χ4v) is 4.15. The van der Waals surface area contributed by atoms with Gasteiger partial charge in [0.05, 0.1) is 20.8 Å². The minimum absolute atomic E-state index is 0.602. The van der Waals surface area contributed by atoms with Crippen LogP contribution in [0.2, 0.25) is 0 Å². The van der Waals surface area contributed by atoms with Gasteiger partial charge in [0, 0.05) is 43.3 Å². The van der Waals surface area contributed by atoms with Crippen LogP contribution in [0.5, 0.6) is 11.5 Å². The minimum atomic E-state index is 0.602. The molecule has 0 saturated carbocycles. The first kappa shape index (κ1) is 23.9. The third-order valence-electron chi connectivity index (χ3n) is 5.60. The predicted octanol–water partition coefficient (Wildman–Crippen LogP) is 4.37. The maximum atomic E-state index is 5.74. The average molecular weight is 456 g/mol. The van der Waals surface area contributed by atoms with E-state index < -0.39 is 0 Å². The second-order valence-electron chi connectivity index (χ2n) is 7.86. The number of hydrogen-bond acceptors (Lipinski definition) is 4. The number of nitrogens with one attached hydrogen (secondary N) is 2. The van der Waals surface area contributed by atoms with Gasteiger partial charge in [-0.05, 0) is 67.9 Å². The molecule has 3 aromatic rings. The van der Waals surface area contributed by atoms with Crippen molar-refractivity contribution in [2.24, 2.45) is 0 Å². The van der Waals surface area contributed by atoms with E-state index in [1.54, 1.807) is 21.3 Å². The molecule has 32 heavy (non-hydrogen) atoms. The fourth-order valence-electron chi connectivity index (χ4n) is 3.89. The highest BCUT2D eigenvalue weighted by molar-refractivity contribution is 7.80. The van der Waals surface area contributed by atoms with Gasteiger partial charge in [-0.2, -0.15) is 0 Å². The smallest absolute Gasteiger partial charge is 0.169 e. The lowest BCUT2D eigenvalue weighted by molar-refractivity contribution is 0.203. The summed E-state index contributed by atoms with van der Waals surface area (Å²) in [7, 11) is 4.98. The first-order chi connectivity index (χ1) is 15.5. The number of methoxy groups -OCH3 is 3. The van der Waals surface area contributed by atoms with Gasteiger partial charge in [0.15, 0.2) is 16.6 Å². The second kappa shape index (κ2) is 11.2. The van der Waals surface area contributed by atoms with Crippen LogP contribution in [0, 0.1) is 13.8 Å². The molecular weight excluding hydrogens is 422 g/mol. The van der Waals surface area contributed by atoms with Crippen molar-refractivity contribution in [1.29, 1.82) is 0 Å². The van der Waals surface area contributed by atoms with E-state index in [0.29, 0.717) is 36.3 Å². The SMILES string of the molecule is COCCNC(=S)N(CCc1c(C)[nH]c2ccc(C)cc12)Cc1ccc(OC)c(OC)c1. The summed E-state index contributed by atoms with van der Waals surface area (Å²) in [5, 5.41) is 5.31. The number of nitrogens with zero attached hydrogens (tertiary/aromatic N) is 1. The van der Waals surface area contributed by atoms with E-state index >= 15 is 0 Å². The molecule has 0 radical (unpaired) electrons. The molecule has 0 aliphatic rings. The Labute approximate surface area is 195 Å². The van der Waals surface area contributed by atoms with Crippen LogP contribution in [0.15, 0.2) is 36.4 Å². The molecule has 7 heteroatoms. The van der Waals surface area contributed by atoms with Crippen LogP contribution in [-0.2, 0) is 17.7 Å². The molecule has 2 aromatic carbocycles. The van der Waals surface area contributed by atoms with Gasteiger partial charge < -0.3 is 29.4 Å². The monoisotopic (exact) mass is 455 g/mol. The molecule has 1 aromatic heterocycles. The quantitative estimate of drug-likeness (QED) is 0.350. The fraction of sp³-hybridized carbons (Fsp3) is 0.400. The van der Waals surface area contributed by atoms with Gasteiger partial charge >= 0.3 is 0 Å². The largest absolute Gasteiger partial charge is 0.493 e. The normalized spacial score (nSPS) is 10.9. The van der Waals surface area contributed by atoms with Crippen LogP contribution in [0.4, 0.5) is 0 Å². The van der Waals surface area contributed by atoms with Gasteiger partial charge in [-0.25, -0.2) is 0 Å². The molecule has 0 atom stereocenters. The van der Waals surface area contributed by atoms with Crippen LogP contribution < -0.4 is 14.8 Å². The van der Waals surface area contributed by atoms with Crippen molar-refractivity contribution in [2.75, 3.05) is 41.0 Å². The third-order valence-corrected chi connectivity index (χ3v) is 6.00. The van der Waals surface area contributed by atoms with E-state index in [2.05, 4.69) is 47.2 Å². The van der Waals surface area contributed by atoms with Gasteiger partial charge in [-0.3, -0.25) is 0 Å². The number of fused-ring (bicyclic) bond motifs is 1. The lowest BCUT2D eigenvalue weighted by Crippen LogP contribution is -2.41. The Morgan fingerprint density at radius 1 is 1.03 bits per heavy atom. The maximum absolute atomic E-state index is 5.74. The lowest BCUT2D eigenvalue weighted by atomic mass is 10.1. The number of hydrogen-bond donors (Lipinski definition) is 2. The predicted molar refractivity (Wildman–Crippen MR) is 134 cm³/mol. The molecule has 6 nitrogen and oxygen atoms in total. The van der Waals surface area contributed by atoms with Crippen LogP contribution in [0.1, 0.15) is 22.4 Å². The summed E-state index contributed by atoms with van der Waals surface area (Å²) in [6.45, 7) is 6.99. The summed E-state index contributed by atoms with van der Waals surface area (Å²) in [5.41, 5.74) is 6.08. The molecule has 0 saturated heterocycles. The highest BCUT2D eigenvalue weighted by Crippen LogP contribution is 2.28. The molecular formula is C25H33N3O3S. The van der Waals surface area contributed by atoms with Gasteiger partial charge in [-0.1, -0.05) is 17.7 Å². The summed E-state index contributed by atoms with van der Waals surface area (Å²) in [4.78, 5) is 5.71. The molecule has 0 fully saturated rings. The Bertz CT molecular complexity index is 1060. The Balaban J connectivity index is 1.81. The van der Waals surface area contributed by atoms with Crippen molar-refractivity contribution in [1.82, 2.24) is 15.2 Å². The number of aryl methyl sites for hydroxylation is 2. The van der Waals surface area contributed by atoms with Crippen molar-refractivity contribution in [3.8, 4) is 11.5 Å². The second-order valence-corrected chi connectivity index (χ2v) is 8.25. The van der Waals surface area contributed by atoms with Crippen molar-refractivity contribution >= 4 is 28.2 Å². The van der Waals surface area contributed by atoms with E-state index in [0.717, 1.165) is 18.5 Å². The van der Waals surface area contributed by atoms with E-state index in [1.165, 1.54) is 27.7 Å². The molecule has 0 aliphatic carbocycles. The third kappa shape index (κ3) is 5.72. The first-order valence-corrected chi connectivity index (χ1v) is 11.2. The Morgan fingerprint density at radius 3 is 2.53 bits per heavy atom. The molecule has 1 heterocycles. The van der Waals surface area contributed by atoms with Gasteiger partial charge in [0.1, 0.15) is 0 Å². The molecule has 172 valence electrons. The Morgan fingerprint density at radius 2 is 1.81 bits per heavy atom. The average Bonchev–Trinajstić information content (AvgIpc) is 3.10. The molecule has 3 rings (SSSR count). The van der Waals surface area contributed by atoms with Crippen LogP contribution in [-0.4, -0.2) is 56.0 Å². The van der Waals surface area contributed by atoms with Crippen molar-refractivity contribution in [2.45, 2.75) is 26.8 Å². The lowest BCUT2D eigenvalue weighted by Gasteiger charge is -2.26. The summed E-state index contributed by atoms with van der Waals surface area (Å²) < 4.78 is 16.0. The summed E-state index contributed by atoms with van der Waals surface area (Å²) in [5.74, 6) is 1.43. The number of benzene rings is 2. The molecule has 0 bridgehead atoms. The molecule has 0 spiro atoms. The maximum Gasteiger partial charge on any atom is 0.169 e. The highest BCUT2D eigenvalue weighted by Gasteiger charge is 2.15. The highest BCUT2D eigenvalue weighted by atomic mass is 32.1. The van der Waals surface area contributed by atoms with E-state index in [-0.39, 0.29) is 0 Å². The van der Waals surface area contributed by atoms with Gasteiger partial charge in [0.25, 0.3) is 0 Å². The number of rotatable bonds is 10. The zero-order valence-electron chi connectivity index (χ0n) is 19.6. The molecule has 0 unspecified atom stereocenters. The van der Waals surface area contributed by atoms with Crippen LogP contribution in [0.3, 0.4) is 0 Å². The van der Waals surface area contributed by atoms with E-state index in [4.69, 9.17) is 26.4 Å². The van der Waals surface area contributed by atoms with Crippen molar-refractivity contribution in [3.05, 3.63) is 58.8 Å². The first-order valence-electron chi connectivity index (χ1n) is 10.8. The van der Waals surface area contributed by atoms with Gasteiger partial charge in [0.2, 0.25) is 0 Å². The summed E-state index contributed by atoms with van der Waals surface area (Å²) in [6.07, 6.45) is 0.884. The molecule has 0 aliphatic heterocycles. The van der Waals surface area contributed by atoms with Crippen LogP contribution >= 0.6 is 12.2 Å². The van der Waals surface area contributed by atoms with Crippen molar-refractivity contribution < 1.29 is 14.2 Å². The number of ether oxygens (including phenoxy) is 3. The summed E-state index contributed by atoms with van der Waals surface area (Å²) in [6, 6.07) is 12.5. The summed E-state index contributed by atoms with van der Waals surface area (Å²) >= 11 is 5.74. The van der Waals surface area contributed by atoms with E-state index in [1.807, 2.05) is 18.2 Å². The van der Waals surface area contributed by atoms with Crippen molar-refractivity contribution in [3.63, 3.8) is 0 Å². The number of aromatic amines is 1. The molecule has 2 N–H and O–H groups in total. The minimum Gasteiger partial charge on any atom is -0.493 e. The zero-order chi connectivity index (χ0) is 23.1. The molecule has 0 amide bonds. The topological polar surface area (TPSA) is 58.8 Å². The zero-order valence-corrected chi connectivity index (χ0v) is 20.4. The number of aromatic nitrogens is 1. The van der Waals surface area contributed by atoms with Gasteiger partial charge in [-0.15, -0.1) is 0 Å². The number of thiocarbonyl (C=S) groups is 1. The van der Waals surface area contributed by atoms with Crippen LogP contribution in [0.25, 0.3) is 10.9 Å². The number of H-pyrrole nitrogens is 1. The Kier molecular flexibility index (Phi) is 8.36. The Hall–Kier alpha value is -2.77.